The second kappa shape index (κ2) is 10.6. The van der Waals surface area contributed by atoms with E-state index < -0.39 is 11.7 Å². The van der Waals surface area contributed by atoms with Crippen molar-refractivity contribution in [3.05, 3.63) is 143 Å². The van der Waals surface area contributed by atoms with Gasteiger partial charge in [-0.2, -0.15) is 23.7 Å². The third-order valence-electron chi connectivity index (χ3n) is 9.07. The molecule has 230 valence electrons. The first kappa shape index (κ1) is 29.1. The number of nitrogens with zero attached hydrogens (tertiary/aromatic N) is 4. The molecule has 0 amide bonds. The van der Waals surface area contributed by atoms with Crippen LogP contribution in [0.1, 0.15) is 27.8 Å². The normalized spacial score (nSPS) is 11.8. The first-order valence-electron chi connectivity index (χ1n) is 15.4. The van der Waals surface area contributed by atoms with Gasteiger partial charge < -0.3 is 9.13 Å². The van der Waals surface area contributed by atoms with Gasteiger partial charge in [-0.3, -0.25) is 0 Å². The highest BCUT2D eigenvalue weighted by Crippen LogP contribution is 2.42. The second-order valence-electron chi connectivity index (χ2n) is 12.2. The third kappa shape index (κ3) is 4.44. The summed E-state index contributed by atoms with van der Waals surface area (Å²) in [4.78, 5) is 0. The fourth-order valence-electron chi connectivity index (χ4n) is 6.97. The van der Waals surface area contributed by atoms with Gasteiger partial charge in [0.1, 0.15) is 0 Å². The lowest BCUT2D eigenvalue weighted by Crippen LogP contribution is -2.07. The van der Waals surface area contributed by atoms with E-state index in [2.05, 4.69) is 51.6 Å². The summed E-state index contributed by atoms with van der Waals surface area (Å²) in [5.41, 5.74) is 6.80. The molecule has 0 unspecified atom stereocenters. The number of benzene rings is 6. The van der Waals surface area contributed by atoms with Gasteiger partial charge in [0, 0.05) is 27.1 Å². The molecule has 0 atom stereocenters. The number of alkyl halides is 3. The number of nitriles is 2. The van der Waals surface area contributed by atoms with E-state index in [1.54, 1.807) is 12.1 Å². The summed E-state index contributed by atoms with van der Waals surface area (Å²) >= 11 is 0. The van der Waals surface area contributed by atoms with Crippen molar-refractivity contribution in [2.75, 3.05) is 0 Å². The van der Waals surface area contributed by atoms with Gasteiger partial charge in [-0.1, -0.05) is 59.7 Å². The second-order valence-corrected chi connectivity index (χ2v) is 12.2. The standard InChI is InChI=1S/C41H25F3N4/c1-24-11-13-37-33(15-24)30-7-3-5-9-35(30)47(37)39-20-28(23-46)32(27-17-26(22-45)18-29(19-27)41(42,43)44)21-40(39)48-36-10-6-4-8-31(36)34-16-25(2)12-14-38(34)48/h3-21H,1-2H3. The molecule has 0 spiro atoms. The van der Waals surface area contributed by atoms with Crippen molar-refractivity contribution in [1.29, 1.82) is 10.5 Å². The van der Waals surface area contributed by atoms with E-state index in [1.807, 2.05) is 68.4 Å². The van der Waals surface area contributed by atoms with Gasteiger partial charge in [-0.15, -0.1) is 0 Å². The first-order chi connectivity index (χ1) is 23.2. The molecule has 0 N–H and O–H groups in total. The minimum atomic E-state index is -4.68. The molecule has 0 saturated carbocycles. The maximum Gasteiger partial charge on any atom is 0.416 e. The topological polar surface area (TPSA) is 57.4 Å². The zero-order valence-corrected chi connectivity index (χ0v) is 25.9. The molecule has 2 heterocycles. The number of rotatable bonds is 3. The Morgan fingerprint density at radius 2 is 1.06 bits per heavy atom. The molecule has 7 heteroatoms. The van der Waals surface area contributed by atoms with Crippen LogP contribution in [0.15, 0.2) is 115 Å². The number of aromatic nitrogens is 2. The summed E-state index contributed by atoms with van der Waals surface area (Å²) < 4.78 is 46.4. The highest BCUT2D eigenvalue weighted by molar-refractivity contribution is 6.12. The molecule has 0 radical (unpaired) electrons. The molecule has 48 heavy (non-hydrogen) atoms. The predicted molar refractivity (Wildman–Crippen MR) is 184 cm³/mol. The number of hydrogen-bond acceptors (Lipinski definition) is 2. The van der Waals surface area contributed by atoms with Crippen LogP contribution in [0.25, 0.3) is 66.1 Å². The zero-order chi connectivity index (χ0) is 33.3. The Kier molecular flexibility index (Phi) is 6.44. The van der Waals surface area contributed by atoms with E-state index in [-0.39, 0.29) is 16.7 Å². The molecule has 0 aliphatic rings. The van der Waals surface area contributed by atoms with Crippen molar-refractivity contribution in [2.24, 2.45) is 0 Å². The van der Waals surface area contributed by atoms with Gasteiger partial charge in [0.25, 0.3) is 0 Å². The van der Waals surface area contributed by atoms with Crippen LogP contribution in [-0.4, -0.2) is 9.13 Å². The molecule has 0 fully saturated rings. The molecule has 2 aromatic heterocycles. The van der Waals surface area contributed by atoms with Crippen LogP contribution in [0.2, 0.25) is 0 Å². The van der Waals surface area contributed by atoms with Crippen LogP contribution in [0, 0.1) is 36.5 Å². The van der Waals surface area contributed by atoms with Crippen molar-refractivity contribution in [2.45, 2.75) is 20.0 Å². The van der Waals surface area contributed by atoms with E-state index in [1.165, 1.54) is 6.07 Å². The molecule has 0 aliphatic carbocycles. The maximum absolute atomic E-state index is 14.1. The Morgan fingerprint density at radius 3 is 1.58 bits per heavy atom. The van der Waals surface area contributed by atoms with E-state index in [0.29, 0.717) is 16.9 Å². The van der Waals surface area contributed by atoms with Crippen molar-refractivity contribution in [3.8, 4) is 34.6 Å². The van der Waals surface area contributed by atoms with Crippen molar-refractivity contribution in [3.63, 3.8) is 0 Å². The number of para-hydroxylation sites is 2. The zero-order valence-electron chi connectivity index (χ0n) is 25.9. The van der Waals surface area contributed by atoms with Gasteiger partial charge in [-0.05, 0) is 86.1 Å². The van der Waals surface area contributed by atoms with Crippen molar-refractivity contribution in [1.82, 2.24) is 9.13 Å². The Morgan fingerprint density at radius 1 is 0.542 bits per heavy atom. The molecule has 4 nitrogen and oxygen atoms in total. The van der Waals surface area contributed by atoms with Crippen LogP contribution >= 0.6 is 0 Å². The molecule has 8 aromatic rings. The predicted octanol–water partition coefficient (Wildman–Crippen LogP) is 10.9. The Hall–Kier alpha value is -6.31. The van der Waals surface area contributed by atoms with Gasteiger partial charge in [0.2, 0.25) is 0 Å². The smallest absolute Gasteiger partial charge is 0.307 e. The van der Waals surface area contributed by atoms with Crippen LogP contribution in [0.3, 0.4) is 0 Å². The first-order valence-corrected chi connectivity index (χ1v) is 15.4. The minimum Gasteiger partial charge on any atom is -0.307 e. The molecule has 0 bridgehead atoms. The lowest BCUT2D eigenvalue weighted by molar-refractivity contribution is -0.137. The number of aryl methyl sites for hydroxylation is 2. The average Bonchev–Trinajstić information content (AvgIpc) is 3.59. The molecule has 0 saturated heterocycles. The Balaban J connectivity index is 1.57. The average molecular weight is 631 g/mol. The monoisotopic (exact) mass is 630 g/mol. The fraction of sp³-hybridized carbons (Fsp3) is 0.0732. The number of hydrogen-bond donors (Lipinski definition) is 0. The largest absolute Gasteiger partial charge is 0.416 e. The van der Waals surface area contributed by atoms with Crippen LogP contribution in [0.4, 0.5) is 13.2 Å². The van der Waals surface area contributed by atoms with Crippen molar-refractivity contribution >= 4 is 43.6 Å². The van der Waals surface area contributed by atoms with Gasteiger partial charge in [0.15, 0.2) is 0 Å². The van der Waals surface area contributed by atoms with Crippen LogP contribution in [-0.2, 0) is 6.18 Å². The van der Waals surface area contributed by atoms with Crippen molar-refractivity contribution < 1.29 is 13.2 Å². The molecule has 8 rings (SSSR count). The summed E-state index contributed by atoms with van der Waals surface area (Å²) in [6, 6.07) is 39.5. The third-order valence-corrected chi connectivity index (χ3v) is 9.07. The number of fused-ring (bicyclic) bond motifs is 6. The summed E-state index contributed by atoms with van der Waals surface area (Å²) in [5, 5.41) is 24.4. The summed E-state index contributed by atoms with van der Waals surface area (Å²) in [6.07, 6.45) is -4.68. The van der Waals surface area contributed by atoms with Gasteiger partial charge in [0.05, 0.1) is 62.3 Å². The number of halogens is 3. The minimum absolute atomic E-state index is 0.139. The SMILES string of the molecule is Cc1ccc2c(c1)c1ccccc1n2-c1cc(C#N)c(-c2cc(C#N)cc(C(F)(F)F)c2)cc1-n1c2ccccc2c2cc(C)ccc21. The quantitative estimate of drug-likeness (QED) is 0.195. The van der Waals surface area contributed by atoms with E-state index in [9.17, 15) is 23.7 Å². The van der Waals surface area contributed by atoms with Gasteiger partial charge >= 0.3 is 6.18 Å². The summed E-state index contributed by atoms with van der Waals surface area (Å²) in [7, 11) is 0. The lowest BCUT2D eigenvalue weighted by atomic mass is 9.95. The van der Waals surface area contributed by atoms with E-state index in [4.69, 9.17) is 0 Å². The van der Waals surface area contributed by atoms with Crippen LogP contribution < -0.4 is 0 Å². The summed E-state index contributed by atoms with van der Waals surface area (Å²) in [6.45, 7) is 4.08. The Bertz CT molecular complexity index is 2710. The highest BCUT2D eigenvalue weighted by atomic mass is 19.4. The highest BCUT2D eigenvalue weighted by Gasteiger charge is 2.32. The van der Waals surface area contributed by atoms with Gasteiger partial charge in [-0.25, -0.2) is 0 Å². The lowest BCUT2D eigenvalue weighted by Gasteiger charge is -2.20. The van der Waals surface area contributed by atoms with E-state index >= 15 is 0 Å². The van der Waals surface area contributed by atoms with E-state index in [0.717, 1.165) is 66.9 Å². The maximum atomic E-state index is 14.1. The molecule has 6 aromatic carbocycles. The molecule has 0 aliphatic heterocycles. The summed E-state index contributed by atoms with van der Waals surface area (Å²) in [5.74, 6) is 0. The molecular formula is C41H25F3N4. The molecular weight excluding hydrogens is 605 g/mol. The van der Waals surface area contributed by atoms with Crippen LogP contribution in [0.5, 0.6) is 0 Å². The fourth-order valence-corrected chi connectivity index (χ4v) is 6.97. The Labute approximate surface area is 273 Å².